The molecule has 0 bridgehead atoms. The maximum atomic E-state index is 13.1. The number of carbonyl (C=O) groups is 1. The molecule has 31 heavy (non-hydrogen) atoms. The van der Waals surface area contributed by atoms with Crippen LogP contribution in [0.25, 0.3) is 0 Å². The Kier molecular flexibility index (Phi) is 6.23. The number of rotatable bonds is 5. The molecular formula is C19H21F3N4O4S. The Morgan fingerprint density at radius 1 is 1.06 bits per heavy atom. The van der Waals surface area contributed by atoms with E-state index in [0.29, 0.717) is 38.3 Å². The van der Waals surface area contributed by atoms with Gasteiger partial charge in [0.15, 0.2) is 9.84 Å². The minimum atomic E-state index is -4.57. The molecule has 0 aliphatic carbocycles. The molecule has 0 unspecified atom stereocenters. The summed E-state index contributed by atoms with van der Waals surface area (Å²) < 4.78 is 67.4. The van der Waals surface area contributed by atoms with Gasteiger partial charge in [0, 0.05) is 25.5 Å². The van der Waals surface area contributed by atoms with Gasteiger partial charge in [0.1, 0.15) is 16.4 Å². The third-order valence-electron chi connectivity index (χ3n) is 4.92. The predicted octanol–water partition coefficient (Wildman–Crippen LogP) is 2.52. The molecule has 3 heterocycles. The van der Waals surface area contributed by atoms with Crippen LogP contribution in [0, 0.1) is 0 Å². The van der Waals surface area contributed by atoms with Crippen molar-refractivity contribution in [3.05, 3.63) is 42.2 Å². The summed E-state index contributed by atoms with van der Waals surface area (Å²) in [5.41, 5.74) is -0.983. The van der Waals surface area contributed by atoms with Crippen LogP contribution in [0.2, 0.25) is 0 Å². The Balaban J connectivity index is 1.76. The van der Waals surface area contributed by atoms with Crippen molar-refractivity contribution in [2.75, 3.05) is 36.5 Å². The molecule has 1 aliphatic heterocycles. The second-order valence-electron chi connectivity index (χ2n) is 7.35. The van der Waals surface area contributed by atoms with Crippen molar-refractivity contribution >= 4 is 27.4 Å². The van der Waals surface area contributed by atoms with E-state index in [1.807, 2.05) is 4.90 Å². The summed E-state index contributed by atoms with van der Waals surface area (Å²) in [6.07, 6.45) is -2.82. The maximum absolute atomic E-state index is 13.1. The summed E-state index contributed by atoms with van der Waals surface area (Å²) in [6, 6.07) is 4.64. The lowest BCUT2D eigenvalue weighted by Crippen LogP contribution is -2.44. The van der Waals surface area contributed by atoms with Crippen molar-refractivity contribution in [2.45, 2.75) is 29.7 Å². The van der Waals surface area contributed by atoms with Gasteiger partial charge >= 0.3 is 6.18 Å². The third-order valence-corrected chi connectivity index (χ3v) is 7.31. The van der Waals surface area contributed by atoms with E-state index < -0.39 is 32.2 Å². The first kappa shape index (κ1) is 22.9. The van der Waals surface area contributed by atoms with Gasteiger partial charge < -0.3 is 15.0 Å². The molecule has 0 atom stereocenters. The second kappa shape index (κ2) is 8.42. The van der Waals surface area contributed by atoms with E-state index in [2.05, 4.69) is 15.3 Å². The molecule has 3 rings (SSSR count). The summed E-state index contributed by atoms with van der Waals surface area (Å²) in [5.74, 6) is -0.530. The Morgan fingerprint density at radius 2 is 1.74 bits per heavy atom. The first-order valence-electron chi connectivity index (χ1n) is 9.31. The highest BCUT2D eigenvalue weighted by molar-refractivity contribution is 7.93. The van der Waals surface area contributed by atoms with Crippen molar-refractivity contribution in [2.24, 2.45) is 0 Å². The number of carbonyl (C=O) groups excluding carboxylic acids is 1. The van der Waals surface area contributed by atoms with Crippen LogP contribution in [0.5, 0.6) is 0 Å². The largest absolute Gasteiger partial charge is 0.417 e. The van der Waals surface area contributed by atoms with Gasteiger partial charge in [-0.05, 0) is 38.1 Å². The zero-order chi connectivity index (χ0) is 22.9. The van der Waals surface area contributed by atoms with Gasteiger partial charge in [0.05, 0.1) is 23.7 Å². The van der Waals surface area contributed by atoms with Crippen LogP contribution in [0.1, 0.15) is 19.4 Å². The van der Waals surface area contributed by atoms with Crippen LogP contribution in [-0.4, -0.2) is 55.3 Å². The Labute approximate surface area is 177 Å². The van der Waals surface area contributed by atoms with Gasteiger partial charge in [-0.3, -0.25) is 4.79 Å². The second-order valence-corrected chi connectivity index (χ2v) is 9.85. The first-order chi connectivity index (χ1) is 14.4. The number of aromatic nitrogens is 2. The zero-order valence-electron chi connectivity index (χ0n) is 16.8. The molecule has 0 saturated carbocycles. The van der Waals surface area contributed by atoms with Gasteiger partial charge in [-0.25, -0.2) is 18.4 Å². The lowest BCUT2D eigenvalue weighted by molar-refractivity contribution is -0.137. The molecule has 0 radical (unpaired) electrons. The molecule has 0 aromatic carbocycles. The van der Waals surface area contributed by atoms with Crippen molar-refractivity contribution in [1.29, 1.82) is 0 Å². The highest BCUT2D eigenvalue weighted by Crippen LogP contribution is 2.30. The molecule has 1 N–H and O–H groups in total. The Bertz CT molecular complexity index is 1030. The number of halogens is 3. The minimum Gasteiger partial charge on any atom is -0.378 e. The highest BCUT2D eigenvalue weighted by Gasteiger charge is 2.43. The quantitative estimate of drug-likeness (QED) is 0.735. The monoisotopic (exact) mass is 458 g/mol. The third kappa shape index (κ3) is 4.79. The van der Waals surface area contributed by atoms with E-state index in [9.17, 15) is 26.4 Å². The number of nitrogens with one attached hydrogen (secondary N) is 1. The van der Waals surface area contributed by atoms with Crippen molar-refractivity contribution in [3.63, 3.8) is 0 Å². The number of alkyl halides is 3. The maximum Gasteiger partial charge on any atom is 0.417 e. The van der Waals surface area contributed by atoms with E-state index in [0.717, 1.165) is 12.1 Å². The molecule has 1 saturated heterocycles. The van der Waals surface area contributed by atoms with Gasteiger partial charge in [0.25, 0.3) is 0 Å². The van der Waals surface area contributed by atoms with Crippen LogP contribution in [-0.2, 0) is 25.5 Å². The molecule has 0 spiro atoms. The molecule has 1 amide bonds. The number of ether oxygens (including phenoxy) is 1. The fourth-order valence-electron chi connectivity index (χ4n) is 2.83. The van der Waals surface area contributed by atoms with E-state index >= 15 is 0 Å². The number of pyridine rings is 2. The highest BCUT2D eigenvalue weighted by atomic mass is 32.2. The lowest BCUT2D eigenvalue weighted by atomic mass is 10.2. The Morgan fingerprint density at radius 3 is 2.26 bits per heavy atom. The molecule has 1 fully saturated rings. The number of sulfone groups is 1. The molecular weight excluding hydrogens is 437 g/mol. The van der Waals surface area contributed by atoms with Crippen LogP contribution in [0.3, 0.4) is 0 Å². The van der Waals surface area contributed by atoms with Crippen molar-refractivity contribution < 1.29 is 31.1 Å². The fourth-order valence-corrected chi connectivity index (χ4v) is 4.15. The standard InChI is InChI=1S/C19H21F3N4O4S/c1-18(2,17(27)25-15-5-3-13(11-23-15)19(20,21)22)31(28,29)14-4-6-16(24-12-14)26-7-9-30-10-8-26/h3-6,11-12H,7-10H2,1-2H3,(H,23,25,27). The number of hydrogen-bond donors (Lipinski definition) is 1. The van der Waals surface area contributed by atoms with Crippen molar-refractivity contribution in [1.82, 2.24) is 9.97 Å². The van der Waals surface area contributed by atoms with E-state index in [-0.39, 0.29) is 10.7 Å². The average molecular weight is 458 g/mol. The van der Waals surface area contributed by atoms with Gasteiger partial charge in [-0.15, -0.1) is 0 Å². The lowest BCUT2D eigenvalue weighted by Gasteiger charge is -2.28. The van der Waals surface area contributed by atoms with E-state index in [1.165, 1.54) is 26.1 Å². The predicted molar refractivity (Wildman–Crippen MR) is 106 cm³/mol. The smallest absolute Gasteiger partial charge is 0.378 e. The molecule has 12 heteroatoms. The van der Waals surface area contributed by atoms with Gasteiger partial charge in [-0.2, -0.15) is 13.2 Å². The van der Waals surface area contributed by atoms with Crippen molar-refractivity contribution in [3.8, 4) is 0 Å². The van der Waals surface area contributed by atoms with Crippen LogP contribution in [0.15, 0.2) is 41.6 Å². The SMILES string of the molecule is CC(C)(C(=O)Nc1ccc(C(F)(F)F)cn1)S(=O)(=O)c1ccc(N2CCOCC2)nc1. The van der Waals surface area contributed by atoms with Gasteiger partial charge in [0.2, 0.25) is 5.91 Å². The zero-order valence-corrected chi connectivity index (χ0v) is 17.6. The molecule has 2 aromatic rings. The van der Waals surface area contributed by atoms with Crippen LogP contribution in [0.4, 0.5) is 24.8 Å². The van der Waals surface area contributed by atoms with Crippen LogP contribution >= 0.6 is 0 Å². The van der Waals surface area contributed by atoms with Gasteiger partial charge in [-0.1, -0.05) is 0 Å². The van der Waals surface area contributed by atoms with E-state index in [4.69, 9.17) is 4.74 Å². The molecule has 8 nitrogen and oxygen atoms in total. The normalized spacial score (nSPS) is 15.6. The van der Waals surface area contributed by atoms with E-state index in [1.54, 1.807) is 6.07 Å². The summed E-state index contributed by atoms with van der Waals surface area (Å²) in [4.78, 5) is 22.2. The van der Waals surface area contributed by atoms with Crippen LogP contribution < -0.4 is 10.2 Å². The number of morpholine rings is 1. The number of hydrogen-bond acceptors (Lipinski definition) is 7. The molecule has 2 aromatic heterocycles. The minimum absolute atomic E-state index is 0.148. The summed E-state index contributed by atoms with van der Waals surface area (Å²) >= 11 is 0. The number of nitrogens with zero attached hydrogens (tertiary/aromatic N) is 3. The summed E-state index contributed by atoms with van der Waals surface area (Å²) in [7, 11) is -4.16. The Hall–Kier alpha value is -2.73. The summed E-state index contributed by atoms with van der Waals surface area (Å²) in [5, 5.41) is 2.26. The average Bonchev–Trinajstić information content (AvgIpc) is 2.74. The molecule has 1 aliphatic rings. The number of anilines is 2. The fraction of sp³-hybridized carbons (Fsp3) is 0.421. The topological polar surface area (TPSA) is 101 Å². The summed E-state index contributed by atoms with van der Waals surface area (Å²) in [6.45, 7) is 4.77. The molecule has 168 valence electrons. The first-order valence-corrected chi connectivity index (χ1v) is 10.8. The number of amides is 1.